The van der Waals surface area contributed by atoms with Crippen molar-refractivity contribution in [3.8, 4) is 0 Å². The number of hydrogen-bond acceptors (Lipinski definition) is 4. The molecule has 0 saturated carbocycles. The van der Waals surface area contributed by atoms with Crippen molar-refractivity contribution >= 4 is 0 Å². The van der Waals surface area contributed by atoms with Gasteiger partial charge in [-0.3, -0.25) is 10.5 Å². The van der Waals surface area contributed by atoms with Gasteiger partial charge in [0, 0.05) is 0 Å². The second-order valence-electron chi connectivity index (χ2n) is 12.6. The van der Waals surface area contributed by atoms with Crippen molar-refractivity contribution in [3.05, 3.63) is 24.3 Å². The van der Waals surface area contributed by atoms with Gasteiger partial charge in [0.1, 0.15) is 0 Å². The number of unbranched alkanes of at least 4 members (excludes halogenated alkanes) is 17. The Morgan fingerprint density at radius 1 is 0.525 bits per heavy atom. The van der Waals surface area contributed by atoms with Gasteiger partial charge in [0.05, 0.1) is 13.2 Å². The minimum absolute atomic E-state index is 0.471. The van der Waals surface area contributed by atoms with Gasteiger partial charge < -0.3 is 0 Å². The molecular formula is C36H68O4. The first-order valence-corrected chi connectivity index (χ1v) is 17.7. The maximum atomic E-state index is 8.50. The third-order valence-electron chi connectivity index (χ3n) is 9.16. The summed E-state index contributed by atoms with van der Waals surface area (Å²) in [6.07, 6.45) is 41.4. The third kappa shape index (κ3) is 19.4. The highest BCUT2D eigenvalue weighted by molar-refractivity contribution is 5.10. The van der Waals surface area contributed by atoms with Crippen molar-refractivity contribution in [3.63, 3.8) is 0 Å². The average molecular weight is 565 g/mol. The lowest BCUT2D eigenvalue weighted by molar-refractivity contribution is -0.242. The maximum Gasteiger partial charge on any atom is 0.0819 e. The van der Waals surface area contributed by atoms with Crippen molar-refractivity contribution in [2.75, 3.05) is 13.2 Å². The van der Waals surface area contributed by atoms with E-state index in [0.717, 1.165) is 37.5 Å². The molecule has 0 aromatic rings. The van der Waals surface area contributed by atoms with Crippen LogP contribution in [0.15, 0.2) is 24.3 Å². The van der Waals surface area contributed by atoms with Crippen LogP contribution >= 0.6 is 0 Å². The van der Waals surface area contributed by atoms with Crippen LogP contribution < -0.4 is 0 Å². The van der Waals surface area contributed by atoms with Gasteiger partial charge in [0.15, 0.2) is 0 Å². The Hall–Kier alpha value is -0.680. The Bertz CT molecular complexity index is 575. The first-order chi connectivity index (χ1) is 19.8. The van der Waals surface area contributed by atoms with Crippen LogP contribution in [0.1, 0.15) is 168 Å². The van der Waals surface area contributed by atoms with Gasteiger partial charge in [0.25, 0.3) is 0 Å². The molecule has 2 N–H and O–H groups in total. The van der Waals surface area contributed by atoms with E-state index in [0.29, 0.717) is 25.0 Å². The van der Waals surface area contributed by atoms with Gasteiger partial charge in [0.2, 0.25) is 0 Å². The third-order valence-corrected chi connectivity index (χ3v) is 9.16. The van der Waals surface area contributed by atoms with Crippen LogP contribution in [0.2, 0.25) is 0 Å². The van der Waals surface area contributed by atoms with Crippen LogP contribution in [-0.2, 0) is 9.78 Å². The quantitative estimate of drug-likeness (QED) is 0.0410. The summed E-state index contributed by atoms with van der Waals surface area (Å²) in [7, 11) is 0. The second kappa shape index (κ2) is 28.4. The highest BCUT2D eigenvalue weighted by atomic mass is 17.1. The molecule has 0 aliphatic heterocycles. The summed E-state index contributed by atoms with van der Waals surface area (Å²) in [5, 5.41) is 16.9. The summed E-state index contributed by atoms with van der Waals surface area (Å²) in [4.78, 5) is 8.39. The molecule has 0 fully saturated rings. The van der Waals surface area contributed by atoms with Crippen LogP contribution in [0.25, 0.3) is 0 Å². The summed E-state index contributed by atoms with van der Waals surface area (Å²) >= 11 is 0. The first-order valence-electron chi connectivity index (χ1n) is 17.7. The predicted molar refractivity (Wildman–Crippen MR) is 172 cm³/mol. The molecular weight excluding hydrogens is 496 g/mol. The number of allylic oxidation sites excluding steroid dienone is 4. The SMILES string of the molecule is CCCCCCC1C=CC(CCCCCCCCOO)C(/C=C\CCCCCCCCOO)C1CCCCCC. The largest absolute Gasteiger partial charge is 0.252 e. The van der Waals surface area contributed by atoms with E-state index in [2.05, 4.69) is 47.9 Å². The van der Waals surface area contributed by atoms with E-state index < -0.39 is 0 Å². The summed E-state index contributed by atoms with van der Waals surface area (Å²) in [5.74, 6) is 3.00. The van der Waals surface area contributed by atoms with Crippen molar-refractivity contribution in [2.24, 2.45) is 23.7 Å². The fourth-order valence-electron chi connectivity index (χ4n) is 6.71. The molecule has 0 bridgehead atoms. The maximum absolute atomic E-state index is 8.50. The van der Waals surface area contributed by atoms with Crippen LogP contribution in [0.3, 0.4) is 0 Å². The Morgan fingerprint density at radius 3 is 1.55 bits per heavy atom. The smallest absolute Gasteiger partial charge is 0.0819 e. The highest BCUT2D eigenvalue weighted by Crippen LogP contribution is 2.43. The summed E-state index contributed by atoms with van der Waals surface area (Å²) in [6.45, 7) is 5.59. The molecule has 1 aliphatic carbocycles. The Labute approximate surface area is 249 Å². The van der Waals surface area contributed by atoms with E-state index in [9.17, 15) is 0 Å². The van der Waals surface area contributed by atoms with E-state index in [4.69, 9.17) is 10.5 Å². The van der Waals surface area contributed by atoms with Gasteiger partial charge in [-0.1, -0.05) is 147 Å². The lowest BCUT2D eigenvalue weighted by atomic mass is 9.66. The molecule has 0 spiro atoms. The summed E-state index contributed by atoms with van der Waals surface area (Å²) in [5.41, 5.74) is 0. The number of rotatable bonds is 29. The van der Waals surface area contributed by atoms with Crippen LogP contribution in [0.4, 0.5) is 0 Å². The molecule has 236 valence electrons. The van der Waals surface area contributed by atoms with Gasteiger partial charge in [-0.05, 0) is 68.6 Å². The van der Waals surface area contributed by atoms with Crippen LogP contribution in [0, 0.1) is 23.7 Å². The molecule has 40 heavy (non-hydrogen) atoms. The predicted octanol–water partition coefficient (Wildman–Crippen LogP) is 12.0. The Morgan fingerprint density at radius 2 is 0.975 bits per heavy atom. The Kier molecular flexibility index (Phi) is 26.6. The van der Waals surface area contributed by atoms with Crippen LogP contribution in [-0.4, -0.2) is 23.7 Å². The molecule has 4 atom stereocenters. The van der Waals surface area contributed by atoms with Crippen molar-refractivity contribution < 1.29 is 20.3 Å². The normalized spacial score (nSPS) is 21.1. The molecule has 4 unspecified atom stereocenters. The molecule has 0 aromatic heterocycles. The van der Waals surface area contributed by atoms with Gasteiger partial charge in [-0.15, -0.1) is 0 Å². The minimum atomic E-state index is 0.471. The topological polar surface area (TPSA) is 58.9 Å². The van der Waals surface area contributed by atoms with Crippen molar-refractivity contribution in [1.29, 1.82) is 0 Å². The van der Waals surface area contributed by atoms with Crippen molar-refractivity contribution in [2.45, 2.75) is 168 Å². The monoisotopic (exact) mass is 565 g/mol. The van der Waals surface area contributed by atoms with E-state index in [1.165, 1.54) is 128 Å². The lowest BCUT2D eigenvalue weighted by Gasteiger charge is -2.39. The Balaban J connectivity index is 2.71. The molecule has 0 aromatic carbocycles. The fourth-order valence-corrected chi connectivity index (χ4v) is 6.71. The standard InChI is InChI=1S/C36H68O4/c1-3-5-7-19-25-33-29-30-34(26-20-15-12-14-18-24-32-40-38)36(35(33)27-21-8-6-4-2)28-22-16-11-9-10-13-17-23-31-39-37/h22,28-30,33-38H,3-21,23-27,31-32H2,1-2H3/b28-22-. The number of hydrogen-bond donors (Lipinski definition) is 2. The van der Waals surface area contributed by atoms with Gasteiger partial charge in [-0.2, -0.15) is 0 Å². The molecule has 0 heterocycles. The van der Waals surface area contributed by atoms with E-state index >= 15 is 0 Å². The van der Waals surface area contributed by atoms with Gasteiger partial charge >= 0.3 is 0 Å². The van der Waals surface area contributed by atoms with Crippen molar-refractivity contribution in [1.82, 2.24) is 0 Å². The fraction of sp³-hybridized carbons (Fsp3) is 0.889. The highest BCUT2D eigenvalue weighted by Gasteiger charge is 2.33. The first kappa shape index (κ1) is 37.3. The molecule has 1 rings (SSSR count). The zero-order chi connectivity index (χ0) is 28.9. The lowest BCUT2D eigenvalue weighted by Crippen LogP contribution is -2.30. The molecule has 0 radical (unpaired) electrons. The van der Waals surface area contributed by atoms with E-state index in [1.807, 2.05) is 0 Å². The summed E-state index contributed by atoms with van der Waals surface area (Å²) in [6, 6.07) is 0. The molecule has 4 nitrogen and oxygen atoms in total. The van der Waals surface area contributed by atoms with Gasteiger partial charge in [-0.25, -0.2) is 9.78 Å². The zero-order valence-electron chi connectivity index (χ0n) is 26.7. The van der Waals surface area contributed by atoms with Crippen LogP contribution in [0.5, 0.6) is 0 Å². The average Bonchev–Trinajstić information content (AvgIpc) is 2.97. The second-order valence-corrected chi connectivity index (χ2v) is 12.6. The summed E-state index contributed by atoms with van der Waals surface area (Å²) < 4.78 is 0. The minimum Gasteiger partial charge on any atom is -0.252 e. The molecule has 0 amide bonds. The van der Waals surface area contributed by atoms with E-state index in [-0.39, 0.29) is 0 Å². The zero-order valence-corrected chi connectivity index (χ0v) is 26.7. The van der Waals surface area contributed by atoms with E-state index in [1.54, 1.807) is 0 Å². The molecule has 1 aliphatic rings. The molecule has 4 heteroatoms. The molecule has 0 saturated heterocycles.